The lowest BCUT2D eigenvalue weighted by Crippen LogP contribution is -2.49. The molecule has 0 bridgehead atoms. The maximum Gasteiger partial charge on any atom is 0.325 e. The van der Waals surface area contributed by atoms with E-state index in [1.807, 2.05) is 18.2 Å². The zero-order chi connectivity index (χ0) is 20.6. The number of rotatable bonds is 4. The summed E-state index contributed by atoms with van der Waals surface area (Å²) >= 11 is 12.9. The van der Waals surface area contributed by atoms with E-state index in [0.717, 1.165) is 25.2 Å². The van der Waals surface area contributed by atoms with Crippen LogP contribution in [0.2, 0.25) is 10.0 Å². The molecule has 152 valence electrons. The molecule has 0 atom stereocenters. The highest BCUT2D eigenvalue weighted by Gasteiger charge is 2.53. The minimum atomic E-state index is -0.751. The summed E-state index contributed by atoms with van der Waals surface area (Å²) in [5.74, 6) is -0.560. The molecule has 1 fully saturated rings. The van der Waals surface area contributed by atoms with Gasteiger partial charge in [0.05, 0.1) is 28.3 Å². The molecule has 2 aromatic carbocycles. The Balaban J connectivity index is 1.63. The molecule has 4 rings (SSSR count). The lowest BCUT2D eigenvalue weighted by atomic mass is 9.73. The van der Waals surface area contributed by atoms with Gasteiger partial charge in [-0.05, 0) is 43.6 Å². The molecule has 5 nitrogen and oxygen atoms in total. The Morgan fingerprint density at radius 3 is 2.45 bits per heavy atom. The van der Waals surface area contributed by atoms with Crippen LogP contribution in [0.15, 0.2) is 42.5 Å². The Labute approximate surface area is 180 Å². The molecule has 1 saturated heterocycles. The van der Waals surface area contributed by atoms with Gasteiger partial charge in [0, 0.05) is 12.1 Å². The number of carbonyl (C=O) groups excluding carboxylic acids is 2. The van der Waals surface area contributed by atoms with Gasteiger partial charge in [-0.1, -0.05) is 53.5 Å². The number of benzene rings is 2. The molecular formula is C22H22Cl2N2O3. The van der Waals surface area contributed by atoms with Gasteiger partial charge in [-0.25, -0.2) is 0 Å². The third-order valence-corrected chi connectivity index (χ3v) is 6.77. The van der Waals surface area contributed by atoms with E-state index in [-0.39, 0.29) is 12.5 Å². The summed E-state index contributed by atoms with van der Waals surface area (Å²) in [6.07, 6.45) is 1.26. The normalized spacial score (nSPS) is 18.2. The van der Waals surface area contributed by atoms with Crippen molar-refractivity contribution in [3.63, 3.8) is 0 Å². The molecule has 0 aromatic heterocycles. The molecule has 2 aliphatic heterocycles. The quantitative estimate of drug-likeness (QED) is 0.683. The topological polar surface area (TPSA) is 49.9 Å². The Bertz CT molecular complexity index is 941. The van der Waals surface area contributed by atoms with E-state index in [4.69, 9.17) is 27.9 Å². The van der Waals surface area contributed by atoms with Crippen LogP contribution in [0.1, 0.15) is 24.0 Å². The number of ether oxygens (including phenoxy) is 1. The van der Waals surface area contributed by atoms with Crippen LogP contribution in [0.25, 0.3) is 0 Å². The van der Waals surface area contributed by atoms with E-state index >= 15 is 0 Å². The lowest BCUT2D eigenvalue weighted by Gasteiger charge is -2.38. The average Bonchev–Trinajstić information content (AvgIpc) is 2.96. The second-order valence-corrected chi connectivity index (χ2v) is 8.35. The summed E-state index contributed by atoms with van der Waals surface area (Å²) in [5.41, 5.74) is 1.90. The van der Waals surface area contributed by atoms with Gasteiger partial charge in [0.15, 0.2) is 0 Å². The van der Waals surface area contributed by atoms with Crippen molar-refractivity contribution in [1.29, 1.82) is 0 Å². The third-order valence-electron chi connectivity index (χ3n) is 5.97. The first kappa shape index (κ1) is 20.2. The first-order chi connectivity index (χ1) is 14.0. The Kier molecular flexibility index (Phi) is 5.56. The fourth-order valence-electron chi connectivity index (χ4n) is 4.44. The van der Waals surface area contributed by atoms with Gasteiger partial charge in [0.1, 0.15) is 6.54 Å². The second-order valence-electron chi connectivity index (χ2n) is 7.57. The van der Waals surface area contributed by atoms with Gasteiger partial charge in [0.2, 0.25) is 5.91 Å². The molecule has 7 heteroatoms. The number of halogens is 2. The molecule has 2 aromatic rings. The van der Waals surface area contributed by atoms with Gasteiger partial charge in [-0.3, -0.25) is 14.5 Å². The minimum Gasteiger partial charge on any atom is -0.468 e. The van der Waals surface area contributed by atoms with Crippen LogP contribution in [0.3, 0.4) is 0 Å². The van der Waals surface area contributed by atoms with Crippen LogP contribution >= 0.6 is 23.2 Å². The smallest absolute Gasteiger partial charge is 0.325 e. The Hall–Kier alpha value is -2.08. The zero-order valence-corrected chi connectivity index (χ0v) is 17.7. The number of fused-ring (bicyclic) bond motifs is 2. The molecule has 0 aliphatic carbocycles. The van der Waals surface area contributed by atoms with Crippen molar-refractivity contribution in [1.82, 2.24) is 4.90 Å². The largest absolute Gasteiger partial charge is 0.468 e. The van der Waals surface area contributed by atoms with E-state index in [1.165, 1.54) is 17.6 Å². The SMILES string of the molecule is COC(=O)CN1C(=O)C2(CCN(Cc3ccccc3)CC2)c2c1ccc(Cl)c2Cl. The van der Waals surface area contributed by atoms with Crippen LogP contribution < -0.4 is 4.90 Å². The molecule has 29 heavy (non-hydrogen) atoms. The van der Waals surface area contributed by atoms with Crippen LogP contribution in [0, 0.1) is 0 Å². The lowest BCUT2D eigenvalue weighted by molar-refractivity contribution is -0.140. The van der Waals surface area contributed by atoms with E-state index in [9.17, 15) is 9.59 Å². The number of piperidine rings is 1. The highest BCUT2D eigenvalue weighted by molar-refractivity contribution is 6.43. The monoisotopic (exact) mass is 432 g/mol. The maximum atomic E-state index is 13.5. The van der Waals surface area contributed by atoms with E-state index < -0.39 is 11.4 Å². The van der Waals surface area contributed by atoms with Crippen molar-refractivity contribution in [2.75, 3.05) is 31.6 Å². The second kappa shape index (κ2) is 7.98. The van der Waals surface area contributed by atoms with E-state index in [0.29, 0.717) is 28.6 Å². The predicted molar refractivity (Wildman–Crippen MR) is 113 cm³/mol. The van der Waals surface area contributed by atoms with E-state index in [2.05, 4.69) is 17.0 Å². The van der Waals surface area contributed by atoms with Crippen molar-refractivity contribution in [2.45, 2.75) is 24.8 Å². The van der Waals surface area contributed by atoms with Crippen LogP contribution in [-0.4, -0.2) is 43.5 Å². The van der Waals surface area contributed by atoms with Crippen LogP contribution in [-0.2, 0) is 26.3 Å². The summed E-state index contributed by atoms with van der Waals surface area (Å²) in [5, 5.41) is 0.825. The van der Waals surface area contributed by atoms with Gasteiger partial charge in [-0.2, -0.15) is 0 Å². The third kappa shape index (κ3) is 3.52. The summed E-state index contributed by atoms with van der Waals surface area (Å²) in [4.78, 5) is 29.3. The molecule has 1 spiro atoms. The highest BCUT2D eigenvalue weighted by atomic mass is 35.5. The highest BCUT2D eigenvalue weighted by Crippen LogP contribution is 2.52. The van der Waals surface area contributed by atoms with E-state index in [1.54, 1.807) is 12.1 Å². The summed E-state index contributed by atoms with van der Waals surface area (Å²) in [6.45, 7) is 2.23. The number of hydrogen-bond donors (Lipinski definition) is 0. The molecule has 2 aliphatic rings. The molecule has 0 saturated carbocycles. The summed E-state index contributed by atoms with van der Waals surface area (Å²) < 4.78 is 4.79. The van der Waals surface area contributed by atoms with Gasteiger partial charge in [-0.15, -0.1) is 0 Å². The fraction of sp³-hybridized carbons (Fsp3) is 0.364. The molecule has 2 heterocycles. The number of amides is 1. The number of nitrogens with zero attached hydrogens (tertiary/aromatic N) is 2. The Morgan fingerprint density at radius 1 is 1.10 bits per heavy atom. The molecule has 0 radical (unpaired) electrons. The minimum absolute atomic E-state index is 0.0959. The number of anilines is 1. The number of carbonyl (C=O) groups is 2. The van der Waals surface area contributed by atoms with Crippen molar-refractivity contribution in [2.24, 2.45) is 0 Å². The maximum absolute atomic E-state index is 13.5. The average molecular weight is 433 g/mol. The van der Waals surface area contributed by atoms with Gasteiger partial charge >= 0.3 is 5.97 Å². The predicted octanol–water partition coefficient (Wildman–Crippen LogP) is 4.05. The first-order valence-electron chi connectivity index (χ1n) is 9.60. The molecular weight excluding hydrogens is 411 g/mol. The zero-order valence-electron chi connectivity index (χ0n) is 16.2. The van der Waals surface area contributed by atoms with Crippen molar-refractivity contribution < 1.29 is 14.3 Å². The molecule has 0 N–H and O–H groups in total. The van der Waals surface area contributed by atoms with Gasteiger partial charge in [0.25, 0.3) is 0 Å². The van der Waals surface area contributed by atoms with Crippen LogP contribution in [0.4, 0.5) is 5.69 Å². The number of likely N-dealkylation sites (tertiary alicyclic amines) is 1. The molecule has 1 amide bonds. The van der Waals surface area contributed by atoms with Crippen LogP contribution in [0.5, 0.6) is 0 Å². The number of methoxy groups -OCH3 is 1. The number of hydrogen-bond acceptors (Lipinski definition) is 4. The Morgan fingerprint density at radius 2 is 1.79 bits per heavy atom. The summed E-state index contributed by atoms with van der Waals surface area (Å²) in [7, 11) is 1.32. The van der Waals surface area contributed by atoms with Crippen molar-refractivity contribution in [3.8, 4) is 0 Å². The fourth-order valence-corrected chi connectivity index (χ4v) is 4.94. The molecule has 0 unspecified atom stereocenters. The summed E-state index contributed by atoms with van der Waals surface area (Å²) in [6, 6.07) is 13.7. The number of esters is 1. The standard InChI is InChI=1S/C22H22Cl2N2O3/c1-29-18(27)14-26-17-8-7-16(23)20(24)19(17)22(21(26)28)9-11-25(12-10-22)13-15-5-3-2-4-6-15/h2-8H,9-14H2,1H3. The first-order valence-corrected chi connectivity index (χ1v) is 10.4. The van der Waals surface area contributed by atoms with Crippen molar-refractivity contribution >= 4 is 40.8 Å². The van der Waals surface area contributed by atoms with Crippen molar-refractivity contribution in [3.05, 3.63) is 63.6 Å². The van der Waals surface area contributed by atoms with Gasteiger partial charge < -0.3 is 9.64 Å².